The van der Waals surface area contributed by atoms with Crippen molar-refractivity contribution in [2.45, 2.75) is 52.0 Å². The minimum absolute atomic E-state index is 0.0421. The summed E-state index contributed by atoms with van der Waals surface area (Å²) >= 11 is 0. The Kier molecular flexibility index (Phi) is 9.79. The largest absolute Gasteiger partial charge is 0.497 e. The van der Waals surface area contributed by atoms with Crippen LogP contribution >= 0.6 is 0 Å². The Hall–Kier alpha value is -5.16. The van der Waals surface area contributed by atoms with Gasteiger partial charge in [0.1, 0.15) is 23.9 Å². The van der Waals surface area contributed by atoms with Gasteiger partial charge in [0.05, 0.1) is 30.3 Å². The number of benzene rings is 2. The molecule has 0 aliphatic carbocycles. The van der Waals surface area contributed by atoms with Gasteiger partial charge in [0.2, 0.25) is 6.29 Å². The Bertz CT molecular complexity index is 1730. The van der Waals surface area contributed by atoms with E-state index in [1.807, 2.05) is 28.9 Å². The number of nitrogens with zero attached hydrogens (tertiary/aromatic N) is 3. The summed E-state index contributed by atoms with van der Waals surface area (Å²) in [7, 11) is 3.13. The number of carbonyl (C=O) groups is 2. The maximum atomic E-state index is 12.5. The van der Waals surface area contributed by atoms with Crippen LogP contribution in [-0.4, -0.2) is 57.4 Å². The van der Waals surface area contributed by atoms with Crippen LogP contribution in [0.5, 0.6) is 17.2 Å². The van der Waals surface area contributed by atoms with E-state index >= 15 is 0 Å². The Balaban J connectivity index is 1.54. The lowest BCUT2D eigenvalue weighted by Gasteiger charge is -2.16. The lowest BCUT2D eigenvalue weighted by atomic mass is 9.98. The molecule has 1 aliphatic rings. The Morgan fingerprint density at radius 1 is 1.13 bits per heavy atom. The normalized spacial score (nSPS) is 14.1. The molecule has 234 valence electrons. The standard InChI is InChI=1S/C34H35N3O8/c1-4-5-13-37-32(27-10-9-25(42-2)18-30(27)44-20-28-26(34(40)41)7-6-12-35-28)24(19-36-37)16-23(33(38)39)15-21-8-11-29-22(14-21)17-31(43-3)45-29/h6-12,14,16,18-19,31H,4-5,13,15,17,20H2,1-3H3,(H,38,39)(H,40,41)/b23-16+. The van der Waals surface area contributed by atoms with Crippen molar-refractivity contribution in [3.8, 4) is 28.5 Å². The first-order chi connectivity index (χ1) is 21.8. The monoisotopic (exact) mass is 613 g/mol. The van der Waals surface area contributed by atoms with Crippen LogP contribution in [-0.2, 0) is 35.5 Å². The third-order valence-electron chi connectivity index (χ3n) is 7.55. The quantitative estimate of drug-likeness (QED) is 0.171. The molecule has 1 atom stereocenters. The van der Waals surface area contributed by atoms with E-state index in [-0.39, 0.29) is 36.1 Å². The fraction of sp³-hybridized carbons (Fsp3) is 0.294. The summed E-state index contributed by atoms with van der Waals surface area (Å²) in [6, 6.07) is 14.0. The van der Waals surface area contributed by atoms with E-state index in [4.69, 9.17) is 18.9 Å². The third-order valence-corrected chi connectivity index (χ3v) is 7.55. The number of methoxy groups -OCH3 is 2. The molecular weight excluding hydrogens is 578 g/mol. The van der Waals surface area contributed by atoms with Crippen molar-refractivity contribution >= 4 is 18.0 Å². The molecule has 11 heteroatoms. The van der Waals surface area contributed by atoms with Crippen LogP contribution in [0.15, 0.2) is 66.5 Å². The molecule has 5 rings (SSSR count). The summed E-state index contributed by atoms with van der Waals surface area (Å²) in [6.07, 6.45) is 7.02. The highest BCUT2D eigenvalue weighted by Gasteiger charge is 2.24. The van der Waals surface area contributed by atoms with Gasteiger partial charge >= 0.3 is 11.9 Å². The molecule has 0 spiro atoms. The molecule has 0 fully saturated rings. The van der Waals surface area contributed by atoms with E-state index < -0.39 is 11.9 Å². The van der Waals surface area contributed by atoms with Crippen LogP contribution in [0, 0.1) is 0 Å². The number of aliphatic carboxylic acids is 1. The molecule has 45 heavy (non-hydrogen) atoms. The highest BCUT2D eigenvalue weighted by molar-refractivity contribution is 5.94. The second-order valence-electron chi connectivity index (χ2n) is 10.6. The van der Waals surface area contributed by atoms with Gasteiger partial charge in [-0.25, -0.2) is 9.59 Å². The molecule has 11 nitrogen and oxygen atoms in total. The van der Waals surface area contributed by atoms with Crippen molar-refractivity contribution in [1.29, 1.82) is 0 Å². The van der Waals surface area contributed by atoms with E-state index in [9.17, 15) is 19.8 Å². The molecule has 1 unspecified atom stereocenters. The summed E-state index contributed by atoms with van der Waals surface area (Å²) in [5, 5.41) is 24.5. The second kappa shape index (κ2) is 14.1. The zero-order valence-electron chi connectivity index (χ0n) is 25.4. The summed E-state index contributed by atoms with van der Waals surface area (Å²) in [4.78, 5) is 28.5. The molecule has 0 saturated carbocycles. The van der Waals surface area contributed by atoms with Crippen LogP contribution in [0.3, 0.4) is 0 Å². The number of rotatable bonds is 14. The van der Waals surface area contributed by atoms with Gasteiger partial charge in [-0.15, -0.1) is 0 Å². The number of ether oxygens (including phenoxy) is 4. The van der Waals surface area contributed by atoms with Crippen LogP contribution in [0.25, 0.3) is 17.3 Å². The molecule has 1 aliphatic heterocycles. The van der Waals surface area contributed by atoms with Crippen molar-refractivity contribution < 1.29 is 38.7 Å². The van der Waals surface area contributed by atoms with E-state index in [1.54, 1.807) is 44.7 Å². The van der Waals surface area contributed by atoms with Crippen LogP contribution in [0.4, 0.5) is 0 Å². The number of carboxylic acids is 2. The highest BCUT2D eigenvalue weighted by atomic mass is 16.7. The van der Waals surface area contributed by atoms with Crippen molar-refractivity contribution in [2.24, 2.45) is 0 Å². The molecule has 3 heterocycles. The molecule has 0 amide bonds. The number of aromatic nitrogens is 3. The lowest BCUT2D eigenvalue weighted by Crippen LogP contribution is -2.14. The predicted molar refractivity (Wildman–Crippen MR) is 166 cm³/mol. The van der Waals surface area contributed by atoms with Crippen molar-refractivity contribution in [2.75, 3.05) is 14.2 Å². The van der Waals surface area contributed by atoms with Crippen molar-refractivity contribution in [3.63, 3.8) is 0 Å². The SMILES string of the molecule is CCCCn1ncc(/C=C(\Cc2ccc3c(c2)CC(OC)O3)C(=O)O)c1-c1ccc(OC)cc1OCc1ncccc1C(=O)O. The fourth-order valence-electron chi connectivity index (χ4n) is 5.22. The minimum atomic E-state index is -1.10. The van der Waals surface area contributed by atoms with E-state index in [2.05, 4.69) is 17.0 Å². The van der Waals surface area contributed by atoms with Crippen LogP contribution in [0.2, 0.25) is 0 Å². The average molecular weight is 614 g/mol. The fourth-order valence-corrected chi connectivity index (χ4v) is 5.22. The van der Waals surface area contributed by atoms with E-state index in [0.717, 1.165) is 29.7 Å². The van der Waals surface area contributed by atoms with Gasteiger partial charge in [-0.1, -0.05) is 25.5 Å². The van der Waals surface area contributed by atoms with Gasteiger partial charge in [-0.2, -0.15) is 5.10 Å². The Morgan fingerprint density at radius 2 is 1.98 bits per heavy atom. The highest BCUT2D eigenvalue weighted by Crippen LogP contribution is 2.37. The van der Waals surface area contributed by atoms with Gasteiger partial charge in [-0.3, -0.25) is 9.67 Å². The maximum Gasteiger partial charge on any atom is 0.337 e. The molecule has 0 saturated heterocycles. The van der Waals surface area contributed by atoms with Gasteiger partial charge in [0.15, 0.2) is 0 Å². The first-order valence-corrected chi connectivity index (χ1v) is 14.6. The molecule has 2 aromatic carbocycles. The number of pyridine rings is 1. The molecule has 4 aromatic rings. The van der Waals surface area contributed by atoms with Crippen molar-refractivity contribution in [1.82, 2.24) is 14.8 Å². The summed E-state index contributed by atoms with van der Waals surface area (Å²) in [5.41, 5.74) is 4.22. The van der Waals surface area contributed by atoms with Crippen LogP contribution in [0.1, 0.15) is 52.5 Å². The van der Waals surface area contributed by atoms with Crippen LogP contribution < -0.4 is 14.2 Å². The molecule has 2 aromatic heterocycles. The number of unbranched alkanes of at least 4 members (excludes halogenated alkanes) is 1. The zero-order chi connectivity index (χ0) is 31.9. The zero-order valence-corrected chi connectivity index (χ0v) is 25.4. The Labute approximate surface area is 260 Å². The summed E-state index contributed by atoms with van der Waals surface area (Å²) < 4.78 is 24.5. The first kappa shape index (κ1) is 31.3. The molecular formula is C34H35N3O8. The third kappa shape index (κ3) is 7.15. The van der Waals surface area contributed by atoms with Crippen molar-refractivity contribution in [3.05, 3.63) is 94.4 Å². The predicted octanol–water partition coefficient (Wildman–Crippen LogP) is 5.65. The van der Waals surface area contributed by atoms with Gasteiger partial charge < -0.3 is 29.2 Å². The van der Waals surface area contributed by atoms with Gasteiger partial charge in [0, 0.05) is 61.0 Å². The maximum absolute atomic E-state index is 12.5. The summed E-state index contributed by atoms with van der Waals surface area (Å²) in [5.74, 6) is -0.469. The summed E-state index contributed by atoms with van der Waals surface area (Å²) in [6.45, 7) is 2.57. The minimum Gasteiger partial charge on any atom is -0.497 e. The number of carboxylic acid groups (broad SMARTS) is 2. The average Bonchev–Trinajstić information content (AvgIpc) is 3.65. The lowest BCUT2D eigenvalue weighted by molar-refractivity contribution is -0.132. The second-order valence-corrected chi connectivity index (χ2v) is 10.6. The molecule has 0 radical (unpaired) electrons. The topological polar surface area (TPSA) is 142 Å². The van der Waals surface area contributed by atoms with Gasteiger partial charge in [-0.05, 0) is 48.4 Å². The first-order valence-electron chi connectivity index (χ1n) is 14.6. The van der Waals surface area contributed by atoms with Gasteiger partial charge in [0.25, 0.3) is 0 Å². The number of aryl methyl sites for hydroxylation is 1. The smallest absolute Gasteiger partial charge is 0.337 e. The molecule has 2 N–H and O–H groups in total. The van der Waals surface area contributed by atoms with E-state index in [1.165, 1.54) is 12.3 Å². The number of aromatic carboxylic acids is 1. The Morgan fingerprint density at radius 3 is 2.71 bits per heavy atom. The number of fused-ring (bicyclic) bond motifs is 1. The molecule has 0 bridgehead atoms. The van der Waals surface area contributed by atoms with E-state index in [0.29, 0.717) is 41.3 Å². The number of hydrogen-bond donors (Lipinski definition) is 2. The number of hydrogen-bond acceptors (Lipinski definition) is 8.